The Labute approximate surface area is 302 Å². The van der Waals surface area contributed by atoms with Gasteiger partial charge >= 0.3 is 0 Å². The number of allylic oxidation sites excluding steroid dienone is 1. The smallest absolute Gasteiger partial charge is 0.254 e. The van der Waals surface area contributed by atoms with E-state index in [2.05, 4.69) is 82.6 Å². The van der Waals surface area contributed by atoms with Crippen LogP contribution >= 0.6 is 0 Å². The van der Waals surface area contributed by atoms with Gasteiger partial charge in [-0.25, -0.2) is 4.98 Å². The number of carbonyl (C=O) groups is 1. The second kappa shape index (κ2) is 21.4. The maximum Gasteiger partial charge on any atom is 0.254 e. The second-order valence-corrected chi connectivity index (χ2v) is 12.8. The Hall–Kier alpha value is -3.81. The number of anilines is 1. The van der Waals surface area contributed by atoms with Gasteiger partial charge in [0.1, 0.15) is 5.82 Å². The normalized spacial score (nSPS) is 15.6. The number of unbranched alkanes of at least 4 members (excludes halogenated alkanes) is 1. The maximum atomic E-state index is 11.5. The average molecular weight is 682 g/mol. The third kappa shape index (κ3) is 11.1. The number of aromatic nitrogens is 1. The van der Waals surface area contributed by atoms with Crippen molar-refractivity contribution in [1.29, 1.82) is 0 Å². The van der Waals surface area contributed by atoms with Crippen molar-refractivity contribution in [2.45, 2.75) is 118 Å². The minimum absolute atomic E-state index is 0.234. The number of rotatable bonds is 13. The summed E-state index contributed by atoms with van der Waals surface area (Å²) in [7, 11) is 1.56. The topological polar surface area (TPSA) is 92.8 Å². The second-order valence-electron chi connectivity index (χ2n) is 12.8. The van der Waals surface area contributed by atoms with Crippen LogP contribution in [0, 0.1) is 0 Å². The summed E-state index contributed by atoms with van der Waals surface area (Å²) in [5.41, 5.74) is 13.6. The van der Waals surface area contributed by atoms with Crippen LogP contribution in [0.5, 0.6) is 0 Å². The van der Waals surface area contributed by atoms with E-state index >= 15 is 0 Å². The Kier molecular flexibility index (Phi) is 17.4. The highest BCUT2D eigenvalue weighted by Crippen LogP contribution is 2.51. The summed E-state index contributed by atoms with van der Waals surface area (Å²) in [4.78, 5) is 22.4. The molecule has 0 bridgehead atoms. The molecule has 7 heteroatoms. The van der Waals surface area contributed by atoms with Gasteiger partial charge in [0.05, 0.1) is 24.8 Å². The van der Waals surface area contributed by atoms with Crippen LogP contribution in [0.2, 0.25) is 0 Å². The van der Waals surface area contributed by atoms with E-state index in [1.807, 2.05) is 33.8 Å². The summed E-state index contributed by atoms with van der Waals surface area (Å²) in [5, 5.41) is 2.53. The molecule has 7 nitrogen and oxygen atoms in total. The monoisotopic (exact) mass is 681 g/mol. The summed E-state index contributed by atoms with van der Waals surface area (Å²) in [6, 6.07) is 20.1. The third-order valence-electron chi connectivity index (χ3n) is 9.47. The van der Waals surface area contributed by atoms with E-state index < -0.39 is 0 Å². The van der Waals surface area contributed by atoms with Gasteiger partial charge in [0.15, 0.2) is 0 Å². The molecule has 2 fully saturated rings. The molecule has 2 aliphatic carbocycles. The number of aliphatic imine (C=N–C) groups is 1. The fraction of sp³-hybridized carbons (Fsp3) is 0.512. The van der Waals surface area contributed by atoms with E-state index in [0.29, 0.717) is 23.8 Å². The number of hydrogen-bond acceptors (Lipinski definition) is 6. The summed E-state index contributed by atoms with van der Waals surface area (Å²) in [6.45, 7) is 16.5. The number of pyridine rings is 1. The van der Waals surface area contributed by atoms with E-state index in [1.54, 1.807) is 25.5 Å². The highest BCUT2D eigenvalue weighted by Gasteiger charge is 2.48. The van der Waals surface area contributed by atoms with Gasteiger partial charge in [-0.1, -0.05) is 115 Å². The highest BCUT2D eigenvalue weighted by atomic mass is 16.5. The molecule has 2 aromatic carbocycles. The number of carbonyl (C=O) groups excluding carboxylic acids is 1. The van der Waals surface area contributed by atoms with E-state index in [0.717, 1.165) is 17.7 Å². The molecular formula is C43H63N5O2. The summed E-state index contributed by atoms with van der Waals surface area (Å²) in [6.07, 6.45) is 17.4. The zero-order valence-corrected chi connectivity index (χ0v) is 31.9. The van der Waals surface area contributed by atoms with E-state index in [-0.39, 0.29) is 11.7 Å². The predicted octanol–water partition coefficient (Wildman–Crippen LogP) is 9.86. The number of benzene rings is 2. The Morgan fingerprint density at radius 2 is 1.56 bits per heavy atom. The van der Waals surface area contributed by atoms with E-state index in [9.17, 15) is 4.79 Å². The van der Waals surface area contributed by atoms with Gasteiger partial charge in [-0.3, -0.25) is 14.7 Å². The zero-order valence-electron chi connectivity index (χ0n) is 31.9. The molecule has 272 valence electrons. The Balaban J connectivity index is 0.000000285. The largest absolute Gasteiger partial charge is 0.383 e. The molecule has 2 heterocycles. The molecule has 0 saturated heterocycles. The first-order valence-electron chi connectivity index (χ1n) is 19.2. The van der Waals surface area contributed by atoms with Crippen LogP contribution in [0.15, 0.2) is 71.9 Å². The first kappa shape index (κ1) is 40.6. The molecule has 1 aromatic heterocycles. The van der Waals surface area contributed by atoms with Crippen molar-refractivity contribution in [3.8, 4) is 11.1 Å². The summed E-state index contributed by atoms with van der Waals surface area (Å²) >= 11 is 0. The van der Waals surface area contributed by atoms with E-state index in [1.165, 1.54) is 93.1 Å². The molecule has 2 saturated carbocycles. The summed E-state index contributed by atoms with van der Waals surface area (Å²) < 4.78 is 6.06. The zero-order chi connectivity index (χ0) is 36.4. The van der Waals surface area contributed by atoms with Crippen LogP contribution in [0.3, 0.4) is 0 Å². The van der Waals surface area contributed by atoms with Gasteiger partial charge in [0, 0.05) is 30.6 Å². The fourth-order valence-corrected chi connectivity index (χ4v) is 6.60. The highest BCUT2D eigenvalue weighted by molar-refractivity contribution is 6.12. The molecule has 3 N–H and O–H groups in total. The number of amides is 1. The standard InChI is InChI=1S/C28H39NO.C11H12N4O.2C2H6/c1-3-5-21-29(20-4-2)28(18-19-28)26-16-14-25(15-17-26)24-12-10-23(11-13-24)22-30-27-8-6-7-9-27;1-13-11(16)9-4-8(6-15-10(9)12)7-2-3-14-5-7;2*1-2/h10-17,27H,3-9,18-22H2,1-2H3;2,4-6H,3H2,1H3,(H2,12,15)(H,13,16);2*1-2H3. The number of nitrogen functional groups attached to an aromatic ring is 1. The van der Waals surface area contributed by atoms with Crippen LogP contribution in [0.25, 0.3) is 16.7 Å². The van der Waals surface area contributed by atoms with Crippen LogP contribution < -0.4 is 11.1 Å². The Bertz CT molecular complexity index is 1490. The average Bonchev–Trinajstić information content (AvgIpc) is 3.51. The van der Waals surface area contributed by atoms with Gasteiger partial charge in [-0.05, 0) is 85.5 Å². The van der Waals surface area contributed by atoms with Crippen molar-refractivity contribution in [3.05, 3.63) is 89.1 Å². The molecule has 0 atom stereocenters. The lowest BCUT2D eigenvalue weighted by atomic mass is 9.97. The van der Waals surface area contributed by atoms with Crippen LogP contribution in [0.4, 0.5) is 5.82 Å². The van der Waals surface area contributed by atoms with Crippen molar-refractivity contribution in [2.75, 3.05) is 32.4 Å². The molecule has 3 aromatic rings. The number of nitrogens with zero attached hydrogens (tertiary/aromatic N) is 3. The molecule has 6 rings (SSSR count). The Morgan fingerprint density at radius 3 is 2.10 bits per heavy atom. The van der Waals surface area contributed by atoms with Crippen molar-refractivity contribution in [2.24, 2.45) is 4.99 Å². The number of nitrogens with one attached hydrogen (secondary N) is 1. The number of hydrogen-bond donors (Lipinski definition) is 2. The van der Waals surface area contributed by atoms with Crippen molar-refractivity contribution in [1.82, 2.24) is 15.2 Å². The molecule has 0 radical (unpaired) electrons. The fourth-order valence-electron chi connectivity index (χ4n) is 6.60. The molecule has 3 aliphatic rings. The minimum atomic E-state index is -0.234. The van der Waals surface area contributed by atoms with E-state index in [4.69, 9.17) is 10.5 Å². The maximum absolute atomic E-state index is 11.5. The quantitative estimate of drug-likeness (QED) is 0.187. The molecule has 50 heavy (non-hydrogen) atoms. The van der Waals surface area contributed by atoms with Crippen molar-refractivity contribution >= 4 is 23.5 Å². The minimum Gasteiger partial charge on any atom is -0.383 e. The predicted molar refractivity (Wildman–Crippen MR) is 213 cm³/mol. The SMILES string of the molecule is CC.CC.CCCCN(CCC)C1(c2ccc(-c3ccc(COC4CCCC4)cc3)cc2)CC1.CNC(=O)c1cc(C2=CCN=C2)cnc1N. The lowest BCUT2D eigenvalue weighted by Gasteiger charge is -2.32. The molecule has 0 unspecified atom stereocenters. The van der Waals surface area contributed by atoms with Crippen LogP contribution in [0.1, 0.15) is 126 Å². The third-order valence-corrected chi connectivity index (χ3v) is 9.47. The summed E-state index contributed by atoms with van der Waals surface area (Å²) in [5.74, 6) is 0.000946. The number of nitrogens with two attached hydrogens (primary N) is 1. The van der Waals surface area contributed by atoms with Gasteiger partial charge < -0.3 is 15.8 Å². The molecule has 0 spiro atoms. The lowest BCUT2D eigenvalue weighted by molar-refractivity contribution is 0.0457. The Morgan fingerprint density at radius 1 is 0.920 bits per heavy atom. The van der Waals surface area contributed by atoms with Crippen LogP contribution in [-0.4, -0.2) is 54.8 Å². The van der Waals surface area contributed by atoms with Crippen molar-refractivity contribution < 1.29 is 9.53 Å². The van der Waals surface area contributed by atoms with Gasteiger partial charge in [0.2, 0.25) is 0 Å². The first-order valence-corrected chi connectivity index (χ1v) is 19.2. The molecule has 1 amide bonds. The first-order chi connectivity index (χ1) is 24.5. The van der Waals surface area contributed by atoms with Gasteiger partial charge in [-0.15, -0.1) is 0 Å². The number of ether oxygens (including phenoxy) is 1. The van der Waals surface area contributed by atoms with Gasteiger partial charge in [-0.2, -0.15) is 0 Å². The molecular weight excluding hydrogens is 619 g/mol. The van der Waals surface area contributed by atoms with Gasteiger partial charge in [0.25, 0.3) is 5.91 Å². The van der Waals surface area contributed by atoms with Crippen LogP contribution in [-0.2, 0) is 16.9 Å². The van der Waals surface area contributed by atoms with Crippen molar-refractivity contribution in [3.63, 3.8) is 0 Å². The molecule has 1 aliphatic heterocycles. The lowest BCUT2D eigenvalue weighted by Crippen LogP contribution is -2.36.